The van der Waals surface area contributed by atoms with Crippen LogP contribution < -0.4 is 10.1 Å². The number of hydrogen-bond donors (Lipinski definition) is 1. The normalized spacial score (nSPS) is 26.3. The predicted molar refractivity (Wildman–Crippen MR) is 87.1 cm³/mol. The summed E-state index contributed by atoms with van der Waals surface area (Å²) in [4.78, 5) is 2.61. The molecule has 1 saturated carbocycles. The summed E-state index contributed by atoms with van der Waals surface area (Å²) < 4.78 is 5.31. The Morgan fingerprint density at radius 1 is 1.19 bits per heavy atom. The molecule has 3 nitrogen and oxygen atoms in total. The van der Waals surface area contributed by atoms with Gasteiger partial charge >= 0.3 is 0 Å². The van der Waals surface area contributed by atoms with Crippen LogP contribution in [0.5, 0.6) is 5.75 Å². The van der Waals surface area contributed by atoms with E-state index in [9.17, 15) is 0 Å². The lowest BCUT2D eigenvalue weighted by Crippen LogP contribution is -2.44. The maximum Gasteiger partial charge on any atom is 0.119 e. The molecule has 0 radical (unpaired) electrons. The first-order valence-corrected chi connectivity index (χ1v) is 8.45. The molecule has 0 aromatic heterocycles. The minimum absolute atomic E-state index is 0.714. The van der Waals surface area contributed by atoms with Gasteiger partial charge in [-0.3, -0.25) is 0 Å². The molecule has 0 spiro atoms. The molecule has 2 fully saturated rings. The van der Waals surface area contributed by atoms with Gasteiger partial charge in [-0.1, -0.05) is 18.6 Å². The molecular weight excluding hydrogens is 260 g/mol. The average molecular weight is 288 g/mol. The molecule has 116 valence electrons. The first-order chi connectivity index (χ1) is 10.3. The van der Waals surface area contributed by atoms with Crippen molar-refractivity contribution >= 4 is 0 Å². The second-order valence-corrected chi connectivity index (χ2v) is 6.50. The molecule has 0 unspecified atom stereocenters. The third-order valence-corrected chi connectivity index (χ3v) is 5.01. The number of nitrogens with zero attached hydrogens (tertiary/aromatic N) is 1. The van der Waals surface area contributed by atoms with Gasteiger partial charge in [0.25, 0.3) is 0 Å². The van der Waals surface area contributed by atoms with Crippen LogP contribution in [0.2, 0.25) is 0 Å². The smallest absolute Gasteiger partial charge is 0.119 e. The Morgan fingerprint density at radius 2 is 2.00 bits per heavy atom. The van der Waals surface area contributed by atoms with Crippen molar-refractivity contribution in [2.45, 2.75) is 44.1 Å². The Kier molecular flexibility index (Phi) is 5.15. The Morgan fingerprint density at radius 3 is 2.76 bits per heavy atom. The molecule has 1 aliphatic carbocycles. The van der Waals surface area contributed by atoms with E-state index < -0.39 is 0 Å². The number of ether oxygens (including phenoxy) is 1. The number of rotatable bonds is 6. The summed E-state index contributed by atoms with van der Waals surface area (Å²) >= 11 is 0. The molecule has 1 aliphatic heterocycles. The Bertz CT molecular complexity index is 437. The highest BCUT2D eigenvalue weighted by molar-refractivity contribution is 5.32. The second kappa shape index (κ2) is 7.28. The Hall–Kier alpha value is -1.06. The highest BCUT2D eigenvalue weighted by atomic mass is 16.5. The fourth-order valence-corrected chi connectivity index (χ4v) is 3.56. The van der Waals surface area contributed by atoms with Crippen LogP contribution in [0.4, 0.5) is 0 Å². The summed E-state index contributed by atoms with van der Waals surface area (Å²) in [7, 11) is 1.74. The number of likely N-dealkylation sites (tertiary alicyclic amines) is 1. The standard InChI is InChI=1S/C18H28N2O/c1-21-18-7-5-6-15(14-18)16-12-17(13-16)19-8-11-20-9-3-2-4-10-20/h5-7,14,16-17,19H,2-4,8-13H2,1H3. The maximum atomic E-state index is 5.31. The van der Waals surface area contributed by atoms with E-state index in [0.717, 1.165) is 12.3 Å². The van der Waals surface area contributed by atoms with Gasteiger partial charge in [0.2, 0.25) is 0 Å². The highest BCUT2D eigenvalue weighted by Crippen LogP contribution is 2.37. The average Bonchev–Trinajstić information content (AvgIpc) is 2.50. The molecule has 1 heterocycles. The van der Waals surface area contributed by atoms with Gasteiger partial charge < -0.3 is 15.0 Å². The second-order valence-electron chi connectivity index (χ2n) is 6.50. The number of benzene rings is 1. The molecule has 2 aliphatic rings. The molecular formula is C18H28N2O. The maximum absolute atomic E-state index is 5.31. The predicted octanol–water partition coefficient (Wildman–Crippen LogP) is 3.02. The molecule has 0 amide bonds. The third kappa shape index (κ3) is 3.98. The van der Waals surface area contributed by atoms with Gasteiger partial charge in [0, 0.05) is 19.1 Å². The summed E-state index contributed by atoms with van der Waals surface area (Å²) in [6, 6.07) is 9.26. The summed E-state index contributed by atoms with van der Waals surface area (Å²) in [5.74, 6) is 1.70. The zero-order valence-corrected chi connectivity index (χ0v) is 13.2. The molecule has 0 bridgehead atoms. The first-order valence-electron chi connectivity index (χ1n) is 8.45. The van der Waals surface area contributed by atoms with Crippen molar-refractivity contribution in [2.75, 3.05) is 33.3 Å². The van der Waals surface area contributed by atoms with Crippen LogP contribution in [0.15, 0.2) is 24.3 Å². The Labute approximate surface area is 128 Å². The van der Waals surface area contributed by atoms with Crippen molar-refractivity contribution in [2.24, 2.45) is 0 Å². The van der Waals surface area contributed by atoms with Crippen LogP contribution >= 0.6 is 0 Å². The lowest BCUT2D eigenvalue weighted by Gasteiger charge is -2.37. The van der Waals surface area contributed by atoms with Crippen molar-refractivity contribution in [3.8, 4) is 5.75 Å². The molecule has 0 atom stereocenters. The summed E-state index contributed by atoms with van der Waals surface area (Å²) in [6.07, 6.45) is 6.75. The van der Waals surface area contributed by atoms with E-state index in [4.69, 9.17) is 4.74 Å². The van der Waals surface area contributed by atoms with Gasteiger partial charge in [0.05, 0.1) is 7.11 Å². The fraction of sp³-hybridized carbons (Fsp3) is 0.667. The lowest BCUT2D eigenvalue weighted by molar-refractivity contribution is 0.213. The number of methoxy groups -OCH3 is 1. The van der Waals surface area contributed by atoms with Crippen molar-refractivity contribution in [3.05, 3.63) is 29.8 Å². The van der Waals surface area contributed by atoms with Crippen molar-refractivity contribution in [3.63, 3.8) is 0 Å². The first kappa shape index (κ1) is 14.9. The van der Waals surface area contributed by atoms with E-state index in [1.165, 1.54) is 57.3 Å². The van der Waals surface area contributed by atoms with Crippen LogP contribution in [-0.4, -0.2) is 44.2 Å². The van der Waals surface area contributed by atoms with E-state index in [1.807, 2.05) is 6.07 Å². The fourth-order valence-electron chi connectivity index (χ4n) is 3.56. The van der Waals surface area contributed by atoms with Gasteiger partial charge in [-0.2, -0.15) is 0 Å². The van der Waals surface area contributed by atoms with Gasteiger partial charge in [-0.25, -0.2) is 0 Å². The van der Waals surface area contributed by atoms with E-state index >= 15 is 0 Å². The van der Waals surface area contributed by atoms with Crippen molar-refractivity contribution in [1.29, 1.82) is 0 Å². The van der Waals surface area contributed by atoms with Gasteiger partial charge in [0.1, 0.15) is 5.75 Å². The van der Waals surface area contributed by atoms with E-state index in [2.05, 4.69) is 28.4 Å². The molecule has 1 N–H and O–H groups in total. The third-order valence-electron chi connectivity index (χ3n) is 5.01. The number of nitrogens with one attached hydrogen (secondary N) is 1. The topological polar surface area (TPSA) is 24.5 Å². The zero-order valence-electron chi connectivity index (χ0n) is 13.2. The lowest BCUT2D eigenvalue weighted by atomic mass is 9.76. The van der Waals surface area contributed by atoms with Gasteiger partial charge in [-0.05, 0) is 62.4 Å². The summed E-state index contributed by atoms with van der Waals surface area (Å²) in [5.41, 5.74) is 1.43. The van der Waals surface area contributed by atoms with E-state index in [1.54, 1.807) is 7.11 Å². The van der Waals surface area contributed by atoms with Gasteiger partial charge in [-0.15, -0.1) is 0 Å². The van der Waals surface area contributed by atoms with E-state index in [-0.39, 0.29) is 0 Å². The molecule has 1 saturated heterocycles. The van der Waals surface area contributed by atoms with Gasteiger partial charge in [0.15, 0.2) is 0 Å². The molecule has 1 aromatic carbocycles. The summed E-state index contributed by atoms with van der Waals surface area (Å²) in [5, 5.41) is 3.72. The molecule has 3 rings (SSSR count). The number of hydrogen-bond acceptors (Lipinski definition) is 3. The van der Waals surface area contributed by atoms with Crippen LogP contribution in [0, 0.1) is 0 Å². The quantitative estimate of drug-likeness (QED) is 0.871. The van der Waals surface area contributed by atoms with Crippen LogP contribution in [0.25, 0.3) is 0 Å². The zero-order chi connectivity index (χ0) is 14.5. The molecule has 3 heteroatoms. The Balaban J connectivity index is 1.35. The highest BCUT2D eigenvalue weighted by Gasteiger charge is 2.29. The molecule has 21 heavy (non-hydrogen) atoms. The minimum atomic E-state index is 0.714. The summed E-state index contributed by atoms with van der Waals surface area (Å²) in [6.45, 7) is 4.98. The van der Waals surface area contributed by atoms with E-state index in [0.29, 0.717) is 12.0 Å². The monoisotopic (exact) mass is 288 g/mol. The minimum Gasteiger partial charge on any atom is -0.497 e. The molecule has 1 aromatic rings. The van der Waals surface area contributed by atoms with Crippen LogP contribution in [0.1, 0.15) is 43.6 Å². The van der Waals surface area contributed by atoms with Crippen molar-refractivity contribution in [1.82, 2.24) is 10.2 Å². The van der Waals surface area contributed by atoms with Crippen molar-refractivity contribution < 1.29 is 4.74 Å². The van der Waals surface area contributed by atoms with Crippen LogP contribution in [0.3, 0.4) is 0 Å². The SMILES string of the molecule is COc1cccc(C2CC(NCCN3CCCCC3)C2)c1. The van der Waals surface area contributed by atoms with Crippen LogP contribution in [-0.2, 0) is 0 Å². The number of piperidine rings is 1. The largest absolute Gasteiger partial charge is 0.497 e.